The maximum Gasteiger partial charge on any atom is 0.253 e. The zero-order chi connectivity index (χ0) is 19.6. The molecule has 3 heterocycles. The van der Waals surface area contributed by atoms with E-state index >= 15 is 0 Å². The molecule has 5 rings (SSSR count). The fraction of sp³-hybridized carbons (Fsp3) is 0.286. The van der Waals surface area contributed by atoms with Gasteiger partial charge in [-0.25, -0.2) is 9.97 Å². The summed E-state index contributed by atoms with van der Waals surface area (Å²) in [4.78, 5) is 25.6. The number of nitrogens with one attached hydrogen (secondary N) is 1. The van der Waals surface area contributed by atoms with E-state index in [1.54, 1.807) is 18.6 Å². The number of aromatic nitrogens is 5. The molecule has 0 spiro atoms. The highest BCUT2D eigenvalue weighted by atomic mass is 16.5. The first-order chi connectivity index (χ1) is 14.3. The summed E-state index contributed by atoms with van der Waals surface area (Å²) in [6, 6.07) is 12.0. The molecule has 0 aliphatic heterocycles. The van der Waals surface area contributed by atoms with E-state index in [2.05, 4.69) is 37.6 Å². The van der Waals surface area contributed by atoms with Crippen molar-refractivity contribution in [2.45, 2.75) is 38.3 Å². The summed E-state index contributed by atoms with van der Waals surface area (Å²) in [5, 5.41) is 6.75. The molecule has 0 atom stereocenters. The van der Waals surface area contributed by atoms with Crippen molar-refractivity contribution in [2.75, 3.05) is 0 Å². The van der Waals surface area contributed by atoms with Gasteiger partial charge in [-0.2, -0.15) is 4.98 Å². The van der Waals surface area contributed by atoms with Crippen LogP contribution in [0.5, 0.6) is 0 Å². The maximum absolute atomic E-state index is 12.5. The number of fused-ring (bicyclic) bond motifs is 1. The van der Waals surface area contributed by atoms with Crippen molar-refractivity contribution in [3.63, 3.8) is 0 Å². The second-order valence-corrected chi connectivity index (χ2v) is 7.24. The fourth-order valence-electron chi connectivity index (χ4n) is 3.24. The van der Waals surface area contributed by atoms with Crippen molar-refractivity contribution in [3.05, 3.63) is 71.8 Å². The first-order valence-electron chi connectivity index (χ1n) is 9.72. The van der Waals surface area contributed by atoms with Gasteiger partial charge in [0.25, 0.3) is 5.91 Å². The lowest BCUT2D eigenvalue weighted by molar-refractivity contribution is 0.0946. The largest absolute Gasteiger partial charge is 0.343 e. The van der Waals surface area contributed by atoms with Crippen LogP contribution in [0.1, 0.15) is 46.4 Å². The molecule has 1 aliphatic carbocycles. The van der Waals surface area contributed by atoms with Crippen LogP contribution in [0.3, 0.4) is 0 Å². The molecule has 29 heavy (non-hydrogen) atoms. The first kappa shape index (κ1) is 17.5. The minimum absolute atomic E-state index is 0.197. The van der Waals surface area contributed by atoms with E-state index < -0.39 is 0 Å². The van der Waals surface area contributed by atoms with Gasteiger partial charge >= 0.3 is 0 Å². The molecule has 0 bridgehead atoms. The predicted octanol–water partition coefficient (Wildman–Crippen LogP) is 2.86. The number of aryl methyl sites for hydroxylation is 2. The van der Waals surface area contributed by atoms with Crippen molar-refractivity contribution in [2.24, 2.45) is 0 Å². The molecule has 4 aromatic rings. The number of amides is 1. The Bertz CT molecular complexity index is 1150. The van der Waals surface area contributed by atoms with Crippen molar-refractivity contribution >= 4 is 17.1 Å². The molecule has 0 saturated heterocycles. The zero-order valence-electron chi connectivity index (χ0n) is 15.8. The van der Waals surface area contributed by atoms with E-state index in [-0.39, 0.29) is 12.5 Å². The molecule has 3 aromatic heterocycles. The predicted molar refractivity (Wildman–Crippen MR) is 105 cm³/mol. The first-order valence-corrected chi connectivity index (χ1v) is 9.72. The third-order valence-electron chi connectivity index (χ3n) is 5.03. The molecule has 0 radical (unpaired) electrons. The zero-order valence-corrected chi connectivity index (χ0v) is 15.8. The van der Waals surface area contributed by atoms with Gasteiger partial charge in [0.2, 0.25) is 5.89 Å². The molecule has 1 amide bonds. The second kappa shape index (κ2) is 7.46. The number of carbonyl (C=O) groups is 1. The van der Waals surface area contributed by atoms with Gasteiger partial charge in [0.05, 0.1) is 18.4 Å². The van der Waals surface area contributed by atoms with Crippen LogP contribution in [0.4, 0.5) is 0 Å². The van der Waals surface area contributed by atoms with Crippen molar-refractivity contribution in [3.8, 4) is 0 Å². The van der Waals surface area contributed by atoms with Gasteiger partial charge < -0.3 is 14.4 Å². The van der Waals surface area contributed by atoms with Gasteiger partial charge in [0.15, 0.2) is 11.5 Å². The van der Waals surface area contributed by atoms with Crippen LogP contribution in [0.15, 0.2) is 53.4 Å². The standard InChI is InChI=1S/C21H20N6O2/c28-21(23-12-18-25-19(26-29-18)15-6-7-15)16-10-17-20(22-11-16)27(13-24-17)9-8-14-4-2-1-3-5-14/h1-5,10-11,13,15H,6-9,12H2,(H,23,28). The Labute approximate surface area is 167 Å². The maximum atomic E-state index is 12.5. The van der Waals surface area contributed by atoms with Gasteiger partial charge in [-0.05, 0) is 30.9 Å². The lowest BCUT2D eigenvalue weighted by atomic mass is 10.1. The number of hydrogen-bond donors (Lipinski definition) is 1. The smallest absolute Gasteiger partial charge is 0.253 e. The lowest BCUT2D eigenvalue weighted by Crippen LogP contribution is -2.23. The van der Waals surface area contributed by atoms with Crippen molar-refractivity contribution in [1.82, 2.24) is 30.0 Å². The Hall–Kier alpha value is -3.55. The Morgan fingerprint density at radius 3 is 2.90 bits per heavy atom. The van der Waals surface area contributed by atoms with Gasteiger partial charge in [0.1, 0.15) is 5.52 Å². The van der Waals surface area contributed by atoms with Crippen LogP contribution in [-0.4, -0.2) is 30.6 Å². The van der Waals surface area contributed by atoms with E-state index in [0.717, 1.165) is 37.3 Å². The molecule has 8 nitrogen and oxygen atoms in total. The molecular formula is C21H20N6O2. The Morgan fingerprint density at radius 1 is 1.21 bits per heavy atom. The molecule has 1 saturated carbocycles. The normalized spacial score (nSPS) is 13.7. The number of hydrogen-bond acceptors (Lipinski definition) is 6. The van der Waals surface area contributed by atoms with Gasteiger partial charge in [-0.1, -0.05) is 35.5 Å². The van der Waals surface area contributed by atoms with Crippen LogP contribution >= 0.6 is 0 Å². The average molecular weight is 388 g/mol. The molecule has 1 aromatic carbocycles. The minimum Gasteiger partial charge on any atom is -0.343 e. The van der Waals surface area contributed by atoms with Crippen molar-refractivity contribution < 1.29 is 9.32 Å². The number of imidazole rings is 1. The summed E-state index contributed by atoms with van der Waals surface area (Å²) in [5.74, 6) is 1.33. The molecule has 1 aliphatic rings. The summed E-state index contributed by atoms with van der Waals surface area (Å²) in [6.45, 7) is 0.974. The summed E-state index contributed by atoms with van der Waals surface area (Å²) < 4.78 is 7.18. The SMILES string of the molecule is O=C(NCc1nc(C2CC2)no1)c1cnc2c(c1)ncn2CCc1ccccc1. The van der Waals surface area contributed by atoms with E-state index in [9.17, 15) is 4.79 Å². The molecular weight excluding hydrogens is 368 g/mol. The monoisotopic (exact) mass is 388 g/mol. The third kappa shape index (κ3) is 3.87. The Morgan fingerprint density at radius 2 is 2.07 bits per heavy atom. The van der Waals surface area contributed by atoms with E-state index in [4.69, 9.17) is 4.52 Å². The molecule has 1 fully saturated rings. The van der Waals surface area contributed by atoms with Gasteiger partial charge in [-0.15, -0.1) is 0 Å². The highest BCUT2D eigenvalue weighted by molar-refractivity contribution is 5.96. The van der Waals surface area contributed by atoms with E-state index in [1.165, 1.54) is 5.56 Å². The highest BCUT2D eigenvalue weighted by Gasteiger charge is 2.28. The summed E-state index contributed by atoms with van der Waals surface area (Å²) in [7, 11) is 0. The quantitative estimate of drug-likeness (QED) is 0.523. The third-order valence-corrected chi connectivity index (χ3v) is 5.03. The summed E-state index contributed by atoms with van der Waals surface area (Å²) in [6.07, 6.45) is 6.44. The molecule has 146 valence electrons. The molecule has 0 unspecified atom stereocenters. The fourth-order valence-corrected chi connectivity index (χ4v) is 3.24. The van der Waals surface area contributed by atoms with E-state index in [1.807, 2.05) is 22.8 Å². The Kier molecular flexibility index (Phi) is 4.51. The Balaban J connectivity index is 1.23. The average Bonchev–Trinajstić information content (AvgIpc) is 3.36. The number of nitrogens with zero attached hydrogens (tertiary/aromatic N) is 5. The van der Waals surface area contributed by atoms with Crippen LogP contribution in [0, 0.1) is 0 Å². The molecule has 1 N–H and O–H groups in total. The minimum atomic E-state index is -0.246. The van der Waals surface area contributed by atoms with Crippen molar-refractivity contribution in [1.29, 1.82) is 0 Å². The molecule has 8 heteroatoms. The second-order valence-electron chi connectivity index (χ2n) is 7.24. The van der Waals surface area contributed by atoms with Crippen LogP contribution in [0.2, 0.25) is 0 Å². The summed E-state index contributed by atoms with van der Waals surface area (Å²) in [5.41, 5.74) is 3.17. The number of benzene rings is 1. The van der Waals surface area contributed by atoms with Gasteiger partial charge in [-0.3, -0.25) is 4.79 Å². The van der Waals surface area contributed by atoms with Crippen LogP contribution < -0.4 is 5.32 Å². The number of pyridine rings is 1. The van der Waals surface area contributed by atoms with Crippen LogP contribution in [-0.2, 0) is 19.5 Å². The van der Waals surface area contributed by atoms with Crippen LogP contribution in [0.25, 0.3) is 11.2 Å². The summed E-state index contributed by atoms with van der Waals surface area (Å²) >= 11 is 0. The lowest BCUT2D eigenvalue weighted by Gasteiger charge is -2.05. The van der Waals surface area contributed by atoms with Gasteiger partial charge in [0, 0.05) is 18.7 Å². The number of rotatable bonds is 7. The highest BCUT2D eigenvalue weighted by Crippen LogP contribution is 2.38. The topological polar surface area (TPSA) is 98.7 Å². The number of carbonyl (C=O) groups excluding carboxylic acids is 1. The van der Waals surface area contributed by atoms with E-state index in [0.29, 0.717) is 22.9 Å².